The van der Waals surface area contributed by atoms with E-state index in [0.29, 0.717) is 18.0 Å². The van der Waals surface area contributed by atoms with E-state index in [2.05, 4.69) is 16.4 Å². The number of hydrogen-bond acceptors (Lipinski definition) is 5. The third-order valence-corrected chi connectivity index (χ3v) is 4.56. The topological polar surface area (TPSA) is 54.5 Å². The number of anilines is 1. The Balaban J connectivity index is 1.59. The first-order valence-electron chi connectivity index (χ1n) is 7.61. The maximum atomic E-state index is 12.2. The summed E-state index contributed by atoms with van der Waals surface area (Å²) in [5.41, 5.74) is 1.68. The van der Waals surface area contributed by atoms with Gasteiger partial charge in [-0.05, 0) is 31.3 Å². The average molecular weight is 341 g/mol. The van der Waals surface area contributed by atoms with Gasteiger partial charge in [0, 0.05) is 0 Å². The SMILES string of the molecule is COc1ccccc1NC(=O)CN(C)Cc1nc2ccccc2s1. The number of aromatic nitrogens is 1. The van der Waals surface area contributed by atoms with Gasteiger partial charge in [-0.15, -0.1) is 11.3 Å². The molecule has 0 spiro atoms. The molecular formula is C18H19N3O2S. The number of para-hydroxylation sites is 3. The monoisotopic (exact) mass is 341 g/mol. The number of methoxy groups -OCH3 is 1. The van der Waals surface area contributed by atoms with E-state index in [1.54, 1.807) is 18.4 Å². The number of benzene rings is 2. The largest absolute Gasteiger partial charge is 0.495 e. The van der Waals surface area contributed by atoms with E-state index < -0.39 is 0 Å². The molecule has 0 saturated heterocycles. The minimum Gasteiger partial charge on any atom is -0.495 e. The first-order valence-corrected chi connectivity index (χ1v) is 8.43. The summed E-state index contributed by atoms with van der Waals surface area (Å²) in [5.74, 6) is 0.572. The van der Waals surface area contributed by atoms with E-state index in [-0.39, 0.29) is 12.5 Å². The maximum Gasteiger partial charge on any atom is 0.238 e. The number of carbonyl (C=O) groups excluding carboxylic acids is 1. The summed E-state index contributed by atoms with van der Waals surface area (Å²) in [6.07, 6.45) is 0. The summed E-state index contributed by atoms with van der Waals surface area (Å²) >= 11 is 1.66. The molecule has 0 atom stereocenters. The van der Waals surface area contributed by atoms with Crippen LogP contribution in [0.3, 0.4) is 0 Å². The van der Waals surface area contributed by atoms with Gasteiger partial charge in [0.1, 0.15) is 10.8 Å². The molecule has 0 saturated carbocycles. The van der Waals surface area contributed by atoms with Gasteiger partial charge in [0.25, 0.3) is 0 Å². The molecule has 24 heavy (non-hydrogen) atoms. The van der Waals surface area contributed by atoms with Crippen molar-refractivity contribution in [3.8, 4) is 5.75 Å². The van der Waals surface area contributed by atoms with Crippen molar-refractivity contribution < 1.29 is 9.53 Å². The van der Waals surface area contributed by atoms with Crippen molar-refractivity contribution in [3.63, 3.8) is 0 Å². The Kier molecular flexibility index (Phi) is 5.08. The zero-order valence-corrected chi connectivity index (χ0v) is 14.5. The Bertz CT molecular complexity index is 814. The van der Waals surface area contributed by atoms with E-state index in [1.165, 1.54) is 4.70 Å². The molecule has 2 aromatic carbocycles. The summed E-state index contributed by atoms with van der Waals surface area (Å²) in [4.78, 5) is 18.8. The fourth-order valence-corrected chi connectivity index (χ4v) is 3.50. The molecule has 0 aliphatic heterocycles. The third-order valence-electron chi connectivity index (χ3n) is 3.54. The fraction of sp³-hybridized carbons (Fsp3) is 0.222. The molecular weight excluding hydrogens is 322 g/mol. The first-order chi connectivity index (χ1) is 11.7. The average Bonchev–Trinajstić information content (AvgIpc) is 2.97. The van der Waals surface area contributed by atoms with Crippen molar-refractivity contribution in [2.75, 3.05) is 26.0 Å². The Morgan fingerprint density at radius 3 is 2.75 bits per heavy atom. The molecule has 0 radical (unpaired) electrons. The van der Waals surface area contributed by atoms with Crippen molar-refractivity contribution in [2.24, 2.45) is 0 Å². The minimum atomic E-state index is -0.0805. The van der Waals surface area contributed by atoms with Crippen molar-refractivity contribution in [1.82, 2.24) is 9.88 Å². The molecule has 0 unspecified atom stereocenters. The summed E-state index contributed by atoms with van der Waals surface area (Å²) < 4.78 is 6.41. The van der Waals surface area contributed by atoms with Crippen LogP contribution in [0, 0.1) is 0 Å². The van der Waals surface area contributed by atoms with Gasteiger partial charge in [-0.2, -0.15) is 0 Å². The number of ether oxygens (including phenoxy) is 1. The lowest BCUT2D eigenvalue weighted by Gasteiger charge is -2.15. The molecule has 5 nitrogen and oxygen atoms in total. The lowest BCUT2D eigenvalue weighted by molar-refractivity contribution is -0.117. The predicted molar refractivity (Wildman–Crippen MR) is 97.6 cm³/mol. The van der Waals surface area contributed by atoms with Gasteiger partial charge in [-0.25, -0.2) is 4.98 Å². The molecule has 0 aliphatic carbocycles. The fourth-order valence-electron chi connectivity index (χ4n) is 2.46. The van der Waals surface area contributed by atoms with Crippen LogP contribution in [-0.4, -0.2) is 36.5 Å². The van der Waals surface area contributed by atoms with Crippen molar-refractivity contribution in [2.45, 2.75) is 6.54 Å². The molecule has 3 aromatic rings. The molecule has 3 rings (SSSR count). The highest BCUT2D eigenvalue weighted by molar-refractivity contribution is 7.18. The van der Waals surface area contributed by atoms with Crippen LogP contribution < -0.4 is 10.1 Å². The van der Waals surface area contributed by atoms with Crippen LogP contribution in [0.1, 0.15) is 5.01 Å². The standard InChI is InChI=1S/C18H19N3O2S/c1-21(12-18-20-14-8-4-6-10-16(14)24-18)11-17(22)19-13-7-3-5-9-15(13)23-2/h3-10H,11-12H2,1-2H3,(H,19,22). The molecule has 0 aliphatic rings. The van der Waals surface area contributed by atoms with Gasteiger partial charge in [0.05, 0.1) is 36.1 Å². The Morgan fingerprint density at radius 2 is 1.96 bits per heavy atom. The van der Waals surface area contributed by atoms with Crippen LogP contribution in [0.2, 0.25) is 0 Å². The van der Waals surface area contributed by atoms with E-state index in [4.69, 9.17) is 4.74 Å². The van der Waals surface area contributed by atoms with Crippen LogP contribution in [0.25, 0.3) is 10.2 Å². The number of likely N-dealkylation sites (N-methyl/N-ethyl adjacent to an activating group) is 1. The number of rotatable bonds is 6. The van der Waals surface area contributed by atoms with Crippen LogP contribution >= 0.6 is 11.3 Å². The number of nitrogens with zero attached hydrogens (tertiary/aromatic N) is 2. The smallest absolute Gasteiger partial charge is 0.238 e. The maximum absolute atomic E-state index is 12.2. The minimum absolute atomic E-state index is 0.0805. The summed E-state index contributed by atoms with van der Waals surface area (Å²) in [6.45, 7) is 0.923. The van der Waals surface area contributed by atoms with Gasteiger partial charge >= 0.3 is 0 Å². The third kappa shape index (κ3) is 3.90. The molecule has 1 aromatic heterocycles. The molecule has 1 amide bonds. The van der Waals surface area contributed by atoms with Gasteiger partial charge in [0.2, 0.25) is 5.91 Å². The Morgan fingerprint density at radius 1 is 1.21 bits per heavy atom. The highest BCUT2D eigenvalue weighted by Crippen LogP contribution is 2.24. The molecule has 0 fully saturated rings. The first kappa shape index (κ1) is 16.4. The zero-order valence-electron chi connectivity index (χ0n) is 13.7. The van der Waals surface area contributed by atoms with Crippen molar-refractivity contribution in [1.29, 1.82) is 0 Å². The molecule has 0 bridgehead atoms. The van der Waals surface area contributed by atoms with Crippen LogP contribution in [0.5, 0.6) is 5.75 Å². The van der Waals surface area contributed by atoms with E-state index in [1.807, 2.05) is 54.4 Å². The van der Waals surface area contributed by atoms with Gasteiger partial charge < -0.3 is 10.1 Å². The Hall–Kier alpha value is -2.44. The summed E-state index contributed by atoms with van der Waals surface area (Å²) in [5, 5.41) is 3.89. The normalized spacial score (nSPS) is 11.0. The number of fused-ring (bicyclic) bond motifs is 1. The molecule has 1 N–H and O–H groups in total. The molecule has 6 heteroatoms. The van der Waals surface area contributed by atoms with Crippen LogP contribution in [0.4, 0.5) is 5.69 Å². The number of thiazole rings is 1. The number of hydrogen-bond donors (Lipinski definition) is 1. The molecule has 124 valence electrons. The lowest BCUT2D eigenvalue weighted by atomic mass is 10.3. The number of nitrogens with one attached hydrogen (secondary N) is 1. The highest BCUT2D eigenvalue weighted by atomic mass is 32.1. The summed E-state index contributed by atoms with van der Waals surface area (Å²) in [7, 11) is 3.50. The second-order valence-electron chi connectivity index (χ2n) is 5.50. The van der Waals surface area contributed by atoms with Crippen LogP contribution in [-0.2, 0) is 11.3 Å². The number of carbonyl (C=O) groups is 1. The highest BCUT2D eigenvalue weighted by Gasteiger charge is 2.12. The van der Waals surface area contributed by atoms with Gasteiger partial charge in [0.15, 0.2) is 0 Å². The van der Waals surface area contributed by atoms with Crippen LogP contribution in [0.15, 0.2) is 48.5 Å². The lowest BCUT2D eigenvalue weighted by Crippen LogP contribution is -2.29. The van der Waals surface area contributed by atoms with Gasteiger partial charge in [-0.1, -0.05) is 24.3 Å². The van der Waals surface area contributed by atoms with E-state index in [9.17, 15) is 4.79 Å². The quantitative estimate of drug-likeness (QED) is 0.747. The molecule has 1 heterocycles. The number of amides is 1. The summed E-state index contributed by atoms with van der Waals surface area (Å²) in [6, 6.07) is 15.4. The second kappa shape index (κ2) is 7.42. The van der Waals surface area contributed by atoms with Crippen molar-refractivity contribution in [3.05, 3.63) is 53.5 Å². The Labute approximate surface area is 144 Å². The van der Waals surface area contributed by atoms with Crippen molar-refractivity contribution >= 4 is 33.1 Å². The van der Waals surface area contributed by atoms with E-state index in [0.717, 1.165) is 10.5 Å². The second-order valence-corrected chi connectivity index (χ2v) is 6.61. The van der Waals surface area contributed by atoms with E-state index >= 15 is 0 Å². The zero-order chi connectivity index (χ0) is 16.9. The predicted octanol–water partition coefficient (Wildman–Crippen LogP) is 3.38. The van der Waals surface area contributed by atoms with Gasteiger partial charge in [-0.3, -0.25) is 9.69 Å².